The molecule has 0 bridgehead atoms. The Hall–Kier alpha value is -0.450. The Balaban J connectivity index is 3.20. The van der Waals surface area contributed by atoms with E-state index in [-0.39, 0.29) is 5.56 Å². The summed E-state index contributed by atoms with van der Waals surface area (Å²) in [5.41, 5.74) is -1.12. The zero-order valence-electron chi connectivity index (χ0n) is 8.92. The molecule has 0 aromatic heterocycles. The van der Waals surface area contributed by atoms with Crippen molar-refractivity contribution in [3.8, 4) is 0 Å². The molecular weight excluding hydrogens is 263 g/mol. The van der Waals surface area contributed by atoms with Crippen molar-refractivity contribution in [2.45, 2.75) is 25.6 Å². The highest BCUT2D eigenvalue weighted by Gasteiger charge is 2.33. The van der Waals surface area contributed by atoms with Gasteiger partial charge in [0.25, 0.3) is 0 Å². The highest BCUT2D eigenvalue weighted by Crippen LogP contribution is 2.31. The number of benzene rings is 1. The van der Waals surface area contributed by atoms with Crippen LogP contribution in [0, 0.1) is 5.82 Å². The normalized spacial score (nSPS) is 17.2. The average molecular weight is 277 g/mol. The Kier molecular flexibility index (Phi) is 3.87. The Morgan fingerprint density at radius 1 is 1.53 bits per heavy atom. The summed E-state index contributed by atoms with van der Waals surface area (Å²) in [5, 5.41) is 10.2. The van der Waals surface area contributed by atoms with E-state index in [4.69, 9.17) is 4.74 Å². The maximum absolute atomic E-state index is 13.7. The van der Waals surface area contributed by atoms with Crippen LogP contribution in [0.25, 0.3) is 0 Å². The molecule has 0 saturated heterocycles. The maximum atomic E-state index is 13.7. The van der Waals surface area contributed by atoms with Gasteiger partial charge in [0.15, 0.2) is 0 Å². The molecule has 0 saturated carbocycles. The number of ether oxygens (including phenoxy) is 1. The molecule has 0 aliphatic carbocycles. The number of aliphatic hydroxyl groups is 1. The molecule has 2 nitrogen and oxygen atoms in total. The van der Waals surface area contributed by atoms with Crippen LogP contribution in [0.4, 0.5) is 4.39 Å². The molecule has 2 unspecified atom stereocenters. The summed E-state index contributed by atoms with van der Waals surface area (Å²) in [4.78, 5) is 0. The fraction of sp³-hybridized carbons (Fsp3) is 0.455. The van der Waals surface area contributed by atoms with E-state index in [1.54, 1.807) is 25.1 Å². The fourth-order valence-corrected chi connectivity index (χ4v) is 1.71. The molecule has 1 N–H and O–H groups in total. The van der Waals surface area contributed by atoms with Gasteiger partial charge in [-0.05, 0) is 35.8 Å². The van der Waals surface area contributed by atoms with Gasteiger partial charge in [-0.1, -0.05) is 12.1 Å². The molecule has 0 amide bonds. The molecule has 2 atom stereocenters. The largest absolute Gasteiger partial charge is 0.383 e. The van der Waals surface area contributed by atoms with Crippen LogP contribution < -0.4 is 0 Å². The van der Waals surface area contributed by atoms with Crippen molar-refractivity contribution in [2.75, 3.05) is 7.11 Å². The van der Waals surface area contributed by atoms with Crippen LogP contribution in [0.2, 0.25) is 0 Å². The number of hydrogen-bond acceptors (Lipinski definition) is 2. The van der Waals surface area contributed by atoms with Gasteiger partial charge >= 0.3 is 0 Å². The van der Waals surface area contributed by atoms with Gasteiger partial charge in [-0.2, -0.15) is 0 Å². The highest BCUT2D eigenvalue weighted by atomic mass is 79.9. The average Bonchev–Trinajstić information content (AvgIpc) is 2.20. The second kappa shape index (κ2) is 4.60. The lowest BCUT2D eigenvalue weighted by atomic mass is 9.90. The highest BCUT2D eigenvalue weighted by molar-refractivity contribution is 9.10. The third-order valence-corrected chi connectivity index (χ3v) is 3.25. The molecule has 0 fully saturated rings. The second-order valence-corrected chi connectivity index (χ2v) is 4.48. The van der Waals surface area contributed by atoms with Gasteiger partial charge in [0, 0.05) is 12.7 Å². The molecule has 0 aliphatic heterocycles. The van der Waals surface area contributed by atoms with Crippen LogP contribution in [0.3, 0.4) is 0 Å². The van der Waals surface area contributed by atoms with E-state index in [0.717, 1.165) is 0 Å². The number of hydrogen-bond donors (Lipinski definition) is 1. The minimum absolute atomic E-state index is 0.228. The molecular formula is C11H14BrFO2. The van der Waals surface area contributed by atoms with Gasteiger partial charge < -0.3 is 9.84 Å². The van der Waals surface area contributed by atoms with Crippen LogP contribution in [0.15, 0.2) is 22.7 Å². The first-order valence-corrected chi connectivity index (χ1v) is 5.40. The van der Waals surface area contributed by atoms with E-state index in [1.165, 1.54) is 14.0 Å². The minimum atomic E-state index is -1.34. The van der Waals surface area contributed by atoms with E-state index < -0.39 is 17.5 Å². The van der Waals surface area contributed by atoms with E-state index in [2.05, 4.69) is 15.9 Å². The third-order valence-electron chi connectivity index (χ3n) is 2.64. The molecule has 0 spiro atoms. The van der Waals surface area contributed by atoms with Crippen LogP contribution in [-0.2, 0) is 10.3 Å². The Morgan fingerprint density at radius 2 is 2.13 bits per heavy atom. The molecule has 15 heavy (non-hydrogen) atoms. The fourth-order valence-electron chi connectivity index (χ4n) is 1.34. The first-order valence-electron chi connectivity index (χ1n) is 4.61. The van der Waals surface area contributed by atoms with Gasteiger partial charge in [-0.3, -0.25) is 0 Å². The number of rotatable bonds is 3. The van der Waals surface area contributed by atoms with Crippen LogP contribution >= 0.6 is 15.9 Å². The third kappa shape index (κ3) is 2.38. The summed E-state index contributed by atoms with van der Waals surface area (Å²) in [6.07, 6.45) is -0.485. The number of methoxy groups -OCH3 is 1. The smallest absolute Gasteiger partial charge is 0.143 e. The van der Waals surface area contributed by atoms with E-state index >= 15 is 0 Å². The molecule has 0 heterocycles. The first kappa shape index (κ1) is 12.6. The second-order valence-electron chi connectivity index (χ2n) is 3.63. The monoisotopic (exact) mass is 276 g/mol. The summed E-state index contributed by atoms with van der Waals surface area (Å²) in [5.74, 6) is -0.452. The summed E-state index contributed by atoms with van der Waals surface area (Å²) in [6.45, 7) is 3.23. The van der Waals surface area contributed by atoms with Gasteiger partial charge in [0.1, 0.15) is 11.4 Å². The number of halogens is 2. The molecule has 4 heteroatoms. The van der Waals surface area contributed by atoms with Gasteiger partial charge in [0.05, 0.1) is 10.6 Å². The summed E-state index contributed by atoms with van der Waals surface area (Å²) in [6, 6.07) is 4.82. The summed E-state index contributed by atoms with van der Waals surface area (Å²) in [7, 11) is 1.48. The van der Waals surface area contributed by atoms with E-state index in [0.29, 0.717) is 4.47 Å². The van der Waals surface area contributed by atoms with Crippen molar-refractivity contribution in [1.82, 2.24) is 0 Å². The molecule has 84 valence electrons. The molecule has 0 aliphatic rings. The zero-order chi connectivity index (χ0) is 11.6. The standard InChI is InChI=1S/C11H14BrFO2/c1-7(15-3)11(2,14)8-5-4-6-9(12)10(8)13/h4-7,14H,1-3H3. The van der Waals surface area contributed by atoms with Crippen molar-refractivity contribution in [1.29, 1.82) is 0 Å². The van der Waals surface area contributed by atoms with Crippen molar-refractivity contribution in [2.24, 2.45) is 0 Å². The molecule has 0 radical (unpaired) electrons. The molecule has 1 rings (SSSR count). The van der Waals surface area contributed by atoms with Crippen LogP contribution in [-0.4, -0.2) is 18.3 Å². The van der Waals surface area contributed by atoms with E-state index in [1.807, 2.05) is 0 Å². The van der Waals surface area contributed by atoms with Crippen molar-refractivity contribution < 1.29 is 14.2 Å². The maximum Gasteiger partial charge on any atom is 0.143 e. The van der Waals surface area contributed by atoms with Crippen LogP contribution in [0.5, 0.6) is 0 Å². The Labute approximate surface area is 97.2 Å². The van der Waals surface area contributed by atoms with Gasteiger partial charge in [-0.15, -0.1) is 0 Å². The lowest BCUT2D eigenvalue weighted by Gasteiger charge is -2.30. The zero-order valence-corrected chi connectivity index (χ0v) is 10.5. The SMILES string of the molecule is COC(C)C(C)(O)c1cccc(Br)c1F. The van der Waals surface area contributed by atoms with Crippen molar-refractivity contribution in [3.05, 3.63) is 34.1 Å². The van der Waals surface area contributed by atoms with Gasteiger partial charge in [0.2, 0.25) is 0 Å². The predicted octanol–water partition coefficient (Wildman–Crippen LogP) is 2.83. The molecule has 1 aromatic rings. The lowest BCUT2D eigenvalue weighted by Crippen LogP contribution is -2.36. The minimum Gasteiger partial charge on any atom is -0.383 e. The Bertz CT molecular complexity index is 352. The topological polar surface area (TPSA) is 29.5 Å². The lowest BCUT2D eigenvalue weighted by molar-refractivity contribution is -0.0791. The predicted molar refractivity (Wildman–Crippen MR) is 60.1 cm³/mol. The van der Waals surface area contributed by atoms with Crippen molar-refractivity contribution in [3.63, 3.8) is 0 Å². The van der Waals surface area contributed by atoms with E-state index in [9.17, 15) is 9.50 Å². The van der Waals surface area contributed by atoms with Crippen molar-refractivity contribution >= 4 is 15.9 Å². The summed E-state index contributed by atoms with van der Waals surface area (Å²) < 4.78 is 19.1. The quantitative estimate of drug-likeness (QED) is 0.920. The Morgan fingerprint density at radius 3 is 2.67 bits per heavy atom. The van der Waals surface area contributed by atoms with Gasteiger partial charge in [-0.25, -0.2) is 4.39 Å². The first-order chi connectivity index (χ1) is 6.91. The summed E-state index contributed by atoms with van der Waals surface area (Å²) >= 11 is 3.08. The van der Waals surface area contributed by atoms with Crippen LogP contribution in [0.1, 0.15) is 19.4 Å². The molecule has 1 aromatic carbocycles.